The first-order chi connectivity index (χ1) is 13.6. The SMILES string of the molecule is O=c1nc(NCc2ccncc2)[nH]c(=O)c2c1ncn2Cc1ccc(F)cc1. The van der Waals surface area contributed by atoms with Crippen LogP contribution in [0, 0.1) is 5.82 Å². The second-order valence-electron chi connectivity index (χ2n) is 6.12. The molecule has 0 fully saturated rings. The second kappa shape index (κ2) is 7.39. The third-order valence-electron chi connectivity index (χ3n) is 4.18. The van der Waals surface area contributed by atoms with Crippen LogP contribution in [0.3, 0.4) is 0 Å². The van der Waals surface area contributed by atoms with E-state index in [1.165, 1.54) is 23.0 Å². The van der Waals surface area contributed by atoms with Gasteiger partial charge in [0.05, 0.1) is 6.33 Å². The monoisotopic (exact) mass is 378 g/mol. The van der Waals surface area contributed by atoms with Crippen LogP contribution in [0.4, 0.5) is 10.3 Å². The Morgan fingerprint density at radius 1 is 1.04 bits per heavy atom. The van der Waals surface area contributed by atoms with Crippen molar-refractivity contribution < 1.29 is 4.39 Å². The number of aromatic nitrogens is 5. The Hall–Kier alpha value is -3.88. The largest absolute Gasteiger partial charge is 0.352 e. The minimum Gasteiger partial charge on any atom is -0.352 e. The fourth-order valence-corrected chi connectivity index (χ4v) is 2.80. The number of rotatable bonds is 5. The maximum absolute atomic E-state index is 13.1. The smallest absolute Gasteiger partial charge is 0.301 e. The number of nitrogens with one attached hydrogen (secondary N) is 2. The van der Waals surface area contributed by atoms with E-state index in [-0.39, 0.29) is 29.3 Å². The van der Waals surface area contributed by atoms with E-state index in [2.05, 4.69) is 25.3 Å². The van der Waals surface area contributed by atoms with Gasteiger partial charge in [-0.25, -0.2) is 9.37 Å². The predicted octanol–water partition coefficient (Wildman–Crippen LogP) is 1.67. The van der Waals surface area contributed by atoms with Crippen LogP contribution < -0.4 is 16.4 Å². The lowest BCUT2D eigenvalue weighted by Gasteiger charge is -2.03. The van der Waals surface area contributed by atoms with Crippen molar-refractivity contribution in [3.05, 3.63) is 92.8 Å². The highest BCUT2D eigenvalue weighted by Crippen LogP contribution is 2.09. The first kappa shape index (κ1) is 17.5. The summed E-state index contributed by atoms with van der Waals surface area (Å²) >= 11 is 0. The summed E-state index contributed by atoms with van der Waals surface area (Å²) < 4.78 is 14.6. The molecule has 0 radical (unpaired) electrons. The lowest BCUT2D eigenvalue weighted by atomic mass is 10.2. The van der Waals surface area contributed by atoms with Gasteiger partial charge in [-0.1, -0.05) is 12.1 Å². The van der Waals surface area contributed by atoms with Crippen LogP contribution in [0.1, 0.15) is 11.1 Å². The molecular weight excluding hydrogens is 363 g/mol. The van der Waals surface area contributed by atoms with Gasteiger partial charge in [-0.15, -0.1) is 0 Å². The van der Waals surface area contributed by atoms with Crippen LogP contribution >= 0.6 is 0 Å². The van der Waals surface area contributed by atoms with Crippen molar-refractivity contribution in [3.63, 3.8) is 0 Å². The van der Waals surface area contributed by atoms with E-state index in [0.717, 1.165) is 11.1 Å². The zero-order chi connectivity index (χ0) is 19.5. The zero-order valence-corrected chi connectivity index (χ0v) is 14.6. The minimum atomic E-state index is -0.622. The van der Waals surface area contributed by atoms with Gasteiger partial charge in [0.25, 0.3) is 5.56 Å². The number of anilines is 1. The molecule has 9 heteroatoms. The normalized spacial score (nSPS) is 10.9. The lowest BCUT2D eigenvalue weighted by molar-refractivity contribution is 0.626. The van der Waals surface area contributed by atoms with Crippen LogP contribution in [0.2, 0.25) is 0 Å². The number of fused-ring (bicyclic) bond motifs is 1. The van der Waals surface area contributed by atoms with Crippen LogP contribution in [-0.2, 0) is 13.1 Å². The van der Waals surface area contributed by atoms with Crippen molar-refractivity contribution >= 4 is 17.0 Å². The summed E-state index contributed by atoms with van der Waals surface area (Å²) in [6, 6.07) is 9.50. The van der Waals surface area contributed by atoms with Crippen molar-refractivity contribution in [2.45, 2.75) is 13.1 Å². The summed E-state index contributed by atoms with van der Waals surface area (Å²) in [7, 11) is 0. The molecule has 0 aliphatic heterocycles. The summed E-state index contributed by atoms with van der Waals surface area (Å²) in [5, 5.41) is 2.93. The Bertz CT molecular complexity index is 1240. The molecule has 140 valence electrons. The molecule has 8 nitrogen and oxygen atoms in total. The highest BCUT2D eigenvalue weighted by Gasteiger charge is 2.12. The van der Waals surface area contributed by atoms with Gasteiger partial charge in [-0.2, -0.15) is 4.98 Å². The molecule has 0 unspecified atom stereocenters. The van der Waals surface area contributed by atoms with E-state index in [4.69, 9.17) is 0 Å². The Morgan fingerprint density at radius 2 is 1.79 bits per heavy atom. The van der Waals surface area contributed by atoms with E-state index in [1.807, 2.05) is 0 Å². The molecular formula is C19H15FN6O2. The highest BCUT2D eigenvalue weighted by molar-refractivity contribution is 5.73. The quantitative estimate of drug-likeness (QED) is 0.547. The van der Waals surface area contributed by atoms with Gasteiger partial charge >= 0.3 is 5.56 Å². The van der Waals surface area contributed by atoms with Crippen molar-refractivity contribution in [1.29, 1.82) is 0 Å². The summed E-state index contributed by atoms with van der Waals surface area (Å²) in [6.45, 7) is 0.630. The van der Waals surface area contributed by atoms with Gasteiger partial charge in [0, 0.05) is 25.5 Å². The van der Waals surface area contributed by atoms with E-state index in [9.17, 15) is 14.0 Å². The maximum Gasteiger partial charge on any atom is 0.301 e. The fraction of sp³-hybridized carbons (Fsp3) is 0.105. The van der Waals surface area contributed by atoms with Crippen LogP contribution in [-0.4, -0.2) is 24.5 Å². The number of halogens is 1. The molecule has 0 saturated carbocycles. The van der Waals surface area contributed by atoms with Gasteiger partial charge in [-0.05, 0) is 35.4 Å². The Labute approximate surface area is 157 Å². The lowest BCUT2D eigenvalue weighted by Crippen LogP contribution is -2.12. The number of pyridine rings is 1. The molecule has 0 amide bonds. The molecule has 0 atom stereocenters. The number of aromatic amines is 1. The molecule has 0 aliphatic carbocycles. The maximum atomic E-state index is 13.1. The topological polar surface area (TPSA) is 106 Å². The molecule has 0 bridgehead atoms. The van der Waals surface area contributed by atoms with Crippen LogP contribution in [0.15, 0.2) is 64.7 Å². The molecule has 0 aliphatic rings. The first-order valence-corrected chi connectivity index (χ1v) is 8.47. The summed E-state index contributed by atoms with van der Waals surface area (Å²) in [6.07, 6.45) is 4.69. The van der Waals surface area contributed by atoms with Crippen molar-refractivity contribution in [3.8, 4) is 0 Å². The van der Waals surface area contributed by atoms with Gasteiger partial charge in [0.15, 0.2) is 5.52 Å². The van der Waals surface area contributed by atoms with E-state index >= 15 is 0 Å². The molecule has 3 heterocycles. The third-order valence-corrected chi connectivity index (χ3v) is 4.18. The Balaban J connectivity index is 1.69. The summed E-state index contributed by atoms with van der Waals surface area (Å²) in [4.78, 5) is 39.6. The molecule has 28 heavy (non-hydrogen) atoms. The average Bonchev–Trinajstić information content (AvgIpc) is 3.07. The highest BCUT2D eigenvalue weighted by atomic mass is 19.1. The van der Waals surface area contributed by atoms with E-state index in [0.29, 0.717) is 6.54 Å². The molecule has 3 aromatic heterocycles. The fourth-order valence-electron chi connectivity index (χ4n) is 2.80. The summed E-state index contributed by atoms with van der Waals surface area (Å²) in [5.74, 6) is -0.294. The molecule has 2 N–H and O–H groups in total. The third kappa shape index (κ3) is 3.63. The van der Waals surface area contributed by atoms with Gasteiger partial charge < -0.3 is 9.88 Å². The standard InChI is InChI=1S/C19H15FN6O2/c20-14-3-1-13(2-4-14)10-26-11-23-15-16(26)18(28)25-19(24-17(15)27)22-9-12-5-7-21-8-6-12/h1-8,11H,9-10H2,(H2,22,24,25,27,28). The van der Waals surface area contributed by atoms with Crippen molar-refractivity contribution in [2.75, 3.05) is 5.32 Å². The van der Waals surface area contributed by atoms with E-state index < -0.39 is 11.1 Å². The minimum absolute atomic E-state index is 0.0275. The molecule has 1 aromatic carbocycles. The van der Waals surface area contributed by atoms with Crippen LogP contribution in [0.5, 0.6) is 0 Å². The van der Waals surface area contributed by atoms with Gasteiger partial charge in [0.2, 0.25) is 5.95 Å². The summed E-state index contributed by atoms with van der Waals surface area (Å²) in [5.41, 5.74) is 0.645. The predicted molar refractivity (Wildman–Crippen MR) is 101 cm³/mol. The number of H-pyrrole nitrogens is 1. The Morgan fingerprint density at radius 3 is 2.54 bits per heavy atom. The number of hydrogen-bond acceptors (Lipinski definition) is 6. The Kier molecular flexibility index (Phi) is 4.63. The number of imidazole rings is 1. The molecule has 0 spiro atoms. The van der Waals surface area contributed by atoms with Gasteiger partial charge in [0.1, 0.15) is 11.3 Å². The molecule has 4 rings (SSSR count). The zero-order valence-electron chi connectivity index (χ0n) is 14.6. The van der Waals surface area contributed by atoms with Crippen molar-refractivity contribution in [2.24, 2.45) is 0 Å². The average molecular weight is 378 g/mol. The van der Waals surface area contributed by atoms with Gasteiger partial charge in [-0.3, -0.25) is 19.6 Å². The molecule has 0 saturated heterocycles. The number of benzene rings is 1. The number of hydrogen-bond donors (Lipinski definition) is 2. The van der Waals surface area contributed by atoms with Crippen molar-refractivity contribution in [1.82, 2.24) is 24.5 Å². The van der Waals surface area contributed by atoms with Crippen LogP contribution in [0.25, 0.3) is 11.0 Å². The number of nitrogens with zero attached hydrogens (tertiary/aromatic N) is 4. The van der Waals surface area contributed by atoms with E-state index in [1.54, 1.807) is 36.7 Å². The first-order valence-electron chi connectivity index (χ1n) is 8.47. The second-order valence-corrected chi connectivity index (χ2v) is 6.12. The molecule has 4 aromatic rings.